The molecule has 0 aliphatic carbocycles. The standard InChI is InChI=1S/C13H15NO5/c1-17-9-6-4-8(5-7-9)14-10(12(15)18-2)11(14)13(16)19-3/h4-7,10-11H,1-3H3/t10-,11+,14?. The number of carbonyl (C=O) groups excluding carboxylic acids is 2. The Morgan fingerprint density at radius 2 is 1.42 bits per heavy atom. The van der Waals surface area contributed by atoms with Gasteiger partial charge in [0.05, 0.1) is 21.3 Å². The number of anilines is 1. The minimum atomic E-state index is -0.620. The molecule has 102 valence electrons. The minimum Gasteiger partial charge on any atom is -0.497 e. The molecule has 1 aromatic rings. The summed E-state index contributed by atoms with van der Waals surface area (Å²) in [6, 6.07) is 5.83. The van der Waals surface area contributed by atoms with Crippen molar-refractivity contribution in [3.63, 3.8) is 0 Å². The molecule has 0 amide bonds. The zero-order chi connectivity index (χ0) is 14.0. The molecule has 1 aromatic carbocycles. The molecule has 1 fully saturated rings. The van der Waals surface area contributed by atoms with Crippen molar-refractivity contribution in [2.75, 3.05) is 26.2 Å². The second kappa shape index (κ2) is 5.17. The SMILES string of the molecule is COC(=O)[C@@H]1[C@H](C(=O)OC)N1c1ccc(OC)cc1. The van der Waals surface area contributed by atoms with Crippen LogP contribution in [0.25, 0.3) is 0 Å². The van der Waals surface area contributed by atoms with Gasteiger partial charge in [0.2, 0.25) is 0 Å². The molecule has 0 saturated carbocycles. The Bertz CT molecular complexity index is 462. The van der Waals surface area contributed by atoms with E-state index in [9.17, 15) is 9.59 Å². The molecule has 0 bridgehead atoms. The molecular weight excluding hydrogens is 250 g/mol. The van der Waals surface area contributed by atoms with E-state index in [1.807, 2.05) is 0 Å². The highest BCUT2D eigenvalue weighted by Gasteiger charge is 2.59. The van der Waals surface area contributed by atoms with Crippen LogP contribution in [0.5, 0.6) is 5.75 Å². The summed E-state index contributed by atoms with van der Waals surface area (Å²) in [5, 5.41) is 0. The van der Waals surface area contributed by atoms with Crippen LogP contribution in [0, 0.1) is 0 Å². The molecule has 1 heterocycles. The Hall–Kier alpha value is -2.24. The predicted molar refractivity (Wildman–Crippen MR) is 67.1 cm³/mol. The summed E-state index contributed by atoms with van der Waals surface area (Å²) in [5.41, 5.74) is 0.742. The lowest BCUT2D eigenvalue weighted by molar-refractivity contribution is -0.144. The molecule has 19 heavy (non-hydrogen) atoms. The van der Waals surface area contributed by atoms with Gasteiger partial charge in [-0.1, -0.05) is 0 Å². The molecule has 6 nitrogen and oxygen atoms in total. The minimum absolute atomic E-state index is 0.453. The van der Waals surface area contributed by atoms with Gasteiger partial charge in [0.1, 0.15) is 5.75 Å². The van der Waals surface area contributed by atoms with Crippen LogP contribution in [-0.4, -0.2) is 45.4 Å². The van der Waals surface area contributed by atoms with Gasteiger partial charge in [-0.25, -0.2) is 9.59 Å². The van der Waals surface area contributed by atoms with Gasteiger partial charge < -0.3 is 19.1 Å². The number of benzene rings is 1. The van der Waals surface area contributed by atoms with Crippen LogP contribution in [0.1, 0.15) is 0 Å². The largest absolute Gasteiger partial charge is 0.497 e. The van der Waals surface area contributed by atoms with E-state index in [1.54, 1.807) is 36.3 Å². The summed E-state index contributed by atoms with van der Waals surface area (Å²) in [6.07, 6.45) is 0. The topological polar surface area (TPSA) is 64.8 Å². The lowest BCUT2D eigenvalue weighted by atomic mass is 10.3. The van der Waals surface area contributed by atoms with Crippen LogP contribution < -0.4 is 9.64 Å². The molecule has 0 aromatic heterocycles. The fraction of sp³-hybridized carbons (Fsp3) is 0.385. The normalized spacial score (nSPS) is 20.7. The van der Waals surface area contributed by atoms with E-state index in [0.717, 1.165) is 5.69 Å². The van der Waals surface area contributed by atoms with Crippen molar-refractivity contribution in [3.8, 4) is 5.75 Å². The van der Waals surface area contributed by atoms with Crippen molar-refractivity contribution in [1.82, 2.24) is 0 Å². The zero-order valence-corrected chi connectivity index (χ0v) is 11.0. The number of nitrogens with zero attached hydrogens (tertiary/aromatic N) is 1. The third-order valence-electron chi connectivity index (χ3n) is 3.06. The van der Waals surface area contributed by atoms with Crippen molar-refractivity contribution >= 4 is 17.6 Å². The smallest absolute Gasteiger partial charge is 0.331 e. The molecule has 1 aliphatic heterocycles. The molecule has 2 atom stereocenters. The van der Waals surface area contributed by atoms with Crippen LogP contribution in [0.3, 0.4) is 0 Å². The number of ether oxygens (including phenoxy) is 3. The highest BCUT2D eigenvalue weighted by Crippen LogP contribution is 2.37. The highest BCUT2D eigenvalue weighted by molar-refractivity contribution is 6.00. The van der Waals surface area contributed by atoms with Crippen molar-refractivity contribution in [2.45, 2.75) is 12.1 Å². The van der Waals surface area contributed by atoms with Crippen LogP contribution in [0.15, 0.2) is 24.3 Å². The van der Waals surface area contributed by atoms with Crippen LogP contribution in [0.4, 0.5) is 5.69 Å². The number of hydrogen-bond donors (Lipinski definition) is 0. The Kier molecular flexibility index (Phi) is 3.59. The van der Waals surface area contributed by atoms with Crippen molar-refractivity contribution in [1.29, 1.82) is 0 Å². The zero-order valence-electron chi connectivity index (χ0n) is 11.0. The first-order valence-corrected chi connectivity index (χ1v) is 5.72. The second-order valence-electron chi connectivity index (χ2n) is 4.04. The Balaban J connectivity index is 2.21. The van der Waals surface area contributed by atoms with Crippen LogP contribution >= 0.6 is 0 Å². The maximum absolute atomic E-state index is 11.6. The molecule has 0 N–H and O–H groups in total. The molecule has 1 aliphatic rings. The maximum atomic E-state index is 11.6. The van der Waals surface area contributed by atoms with E-state index in [-0.39, 0.29) is 0 Å². The predicted octanol–water partition coefficient (Wildman–Crippen LogP) is 0.598. The first-order valence-electron chi connectivity index (χ1n) is 5.72. The van der Waals surface area contributed by atoms with E-state index in [1.165, 1.54) is 14.2 Å². The number of rotatable bonds is 4. The lowest BCUT2D eigenvalue weighted by Gasteiger charge is -2.06. The average molecular weight is 265 g/mol. The Morgan fingerprint density at radius 1 is 0.947 bits per heavy atom. The van der Waals surface area contributed by atoms with Crippen molar-refractivity contribution < 1.29 is 23.8 Å². The Morgan fingerprint density at radius 3 is 1.79 bits per heavy atom. The van der Waals surface area contributed by atoms with E-state index in [4.69, 9.17) is 4.74 Å². The first-order chi connectivity index (χ1) is 9.13. The lowest BCUT2D eigenvalue weighted by Crippen LogP contribution is -2.18. The molecule has 0 unspecified atom stereocenters. The van der Waals surface area contributed by atoms with Gasteiger partial charge in [-0.3, -0.25) is 0 Å². The summed E-state index contributed by atoms with van der Waals surface area (Å²) >= 11 is 0. The average Bonchev–Trinajstić information content (AvgIpc) is 3.21. The van der Waals surface area contributed by atoms with Gasteiger partial charge in [0, 0.05) is 5.69 Å². The molecule has 2 rings (SSSR count). The summed E-state index contributed by atoms with van der Waals surface area (Å²) in [7, 11) is 4.16. The second-order valence-corrected chi connectivity index (χ2v) is 4.04. The fourth-order valence-electron chi connectivity index (χ4n) is 2.03. The molecule has 1 saturated heterocycles. The van der Waals surface area contributed by atoms with E-state index in [0.29, 0.717) is 5.75 Å². The third-order valence-corrected chi connectivity index (χ3v) is 3.06. The third kappa shape index (κ3) is 2.33. The van der Waals surface area contributed by atoms with Gasteiger partial charge in [0.15, 0.2) is 12.1 Å². The molecule has 0 spiro atoms. The van der Waals surface area contributed by atoms with E-state index < -0.39 is 24.0 Å². The van der Waals surface area contributed by atoms with Gasteiger partial charge in [-0.05, 0) is 24.3 Å². The number of methoxy groups -OCH3 is 3. The monoisotopic (exact) mass is 265 g/mol. The van der Waals surface area contributed by atoms with Gasteiger partial charge >= 0.3 is 11.9 Å². The van der Waals surface area contributed by atoms with E-state index >= 15 is 0 Å². The summed E-state index contributed by atoms with van der Waals surface area (Å²) in [6.45, 7) is 0. The van der Waals surface area contributed by atoms with Gasteiger partial charge in [0.25, 0.3) is 0 Å². The molecule has 6 heteroatoms. The van der Waals surface area contributed by atoms with Crippen LogP contribution in [-0.2, 0) is 19.1 Å². The van der Waals surface area contributed by atoms with Crippen molar-refractivity contribution in [2.24, 2.45) is 0 Å². The van der Waals surface area contributed by atoms with E-state index in [2.05, 4.69) is 9.47 Å². The quantitative estimate of drug-likeness (QED) is 0.586. The summed E-state index contributed by atoms with van der Waals surface area (Å²) in [5.74, 6) is -0.202. The summed E-state index contributed by atoms with van der Waals surface area (Å²) in [4.78, 5) is 24.9. The maximum Gasteiger partial charge on any atom is 0.331 e. The summed E-state index contributed by atoms with van der Waals surface area (Å²) < 4.78 is 14.4. The first kappa shape index (κ1) is 13.2. The Labute approximate surface area is 110 Å². The van der Waals surface area contributed by atoms with Gasteiger partial charge in [-0.2, -0.15) is 0 Å². The van der Waals surface area contributed by atoms with Crippen LogP contribution in [0.2, 0.25) is 0 Å². The number of hydrogen-bond acceptors (Lipinski definition) is 6. The highest BCUT2D eigenvalue weighted by atomic mass is 16.5. The number of esters is 2. The molecule has 0 radical (unpaired) electrons. The fourth-order valence-corrected chi connectivity index (χ4v) is 2.03. The van der Waals surface area contributed by atoms with Gasteiger partial charge in [-0.15, -0.1) is 0 Å². The number of carbonyl (C=O) groups is 2. The molecular formula is C13H15NO5. The van der Waals surface area contributed by atoms with Crippen molar-refractivity contribution in [3.05, 3.63) is 24.3 Å².